The molecule has 10 heteroatoms. The molecule has 0 spiro atoms. The van der Waals surface area contributed by atoms with E-state index in [0.29, 0.717) is 38.1 Å². The molecular formula is C23H32N4O6. The summed E-state index contributed by atoms with van der Waals surface area (Å²) in [7, 11) is 0. The third kappa shape index (κ3) is 6.02. The zero-order valence-electron chi connectivity index (χ0n) is 19.5. The average Bonchev–Trinajstić information content (AvgIpc) is 3.23. The number of aliphatic carboxylic acids is 1. The summed E-state index contributed by atoms with van der Waals surface area (Å²) < 4.78 is 13.0. The van der Waals surface area contributed by atoms with Crippen molar-refractivity contribution in [2.75, 3.05) is 6.54 Å². The summed E-state index contributed by atoms with van der Waals surface area (Å²) >= 11 is 0. The summed E-state index contributed by atoms with van der Waals surface area (Å²) in [5.41, 5.74) is 0.805. The van der Waals surface area contributed by atoms with Crippen LogP contribution in [-0.4, -0.2) is 50.8 Å². The van der Waals surface area contributed by atoms with Gasteiger partial charge in [0, 0.05) is 24.8 Å². The largest absolute Gasteiger partial charge is 0.486 e. The van der Waals surface area contributed by atoms with E-state index in [9.17, 15) is 14.7 Å². The van der Waals surface area contributed by atoms with Crippen LogP contribution in [0.1, 0.15) is 46.1 Å². The number of carbonyl (C=O) groups is 2. The molecule has 2 atom stereocenters. The van der Waals surface area contributed by atoms with Gasteiger partial charge in [-0.05, 0) is 70.2 Å². The number of nitrogens with zero attached hydrogens (tertiary/aromatic N) is 2. The summed E-state index contributed by atoms with van der Waals surface area (Å²) in [5, 5.41) is 16.6. The lowest BCUT2D eigenvalue weighted by atomic mass is 9.90. The van der Waals surface area contributed by atoms with Crippen LogP contribution in [0.3, 0.4) is 0 Å². The molecule has 10 nitrogen and oxygen atoms in total. The summed E-state index contributed by atoms with van der Waals surface area (Å²) in [6.07, 6.45) is 4.46. The third-order valence-electron chi connectivity index (χ3n) is 5.49. The lowest BCUT2D eigenvalue weighted by Gasteiger charge is -2.35. The van der Waals surface area contributed by atoms with Crippen LogP contribution in [0.5, 0.6) is 5.75 Å². The lowest BCUT2D eigenvalue weighted by Crippen LogP contribution is -2.54. The Labute approximate surface area is 193 Å². The van der Waals surface area contributed by atoms with E-state index in [1.165, 1.54) is 6.92 Å². The first kappa shape index (κ1) is 24.5. The number of carbonyl (C=O) groups excluding carboxylic acids is 1. The Morgan fingerprint density at radius 1 is 1.30 bits per heavy atom. The number of rotatable bonds is 8. The van der Waals surface area contributed by atoms with Gasteiger partial charge in [-0.1, -0.05) is 6.07 Å². The minimum Gasteiger partial charge on any atom is -0.486 e. The predicted octanol–water partition coefficient (Wildman–Crippen LogP) is 2.89. The molecule has 180 valence electrons. The van der Waals surface area contributed by atoms with Crippen molar-refractivity contribution in [1.82, 2.24) is 15.1 Å². The lowest BCUT2D eigenvalue weighted by molar-refractivity contribution is -0.179. The molecule has 0 bridgehead atoms. The fraction of sp³-hybridized carbons (Fsp3) is 0.522. The van der Waals surface area contributed by atoms with Gasteiger partial charge in [0.1, 0.15) is 17.5 Å². The first-order chi connectivity index (χ1) is 15.5. The number of hydrogen-bond acceptors (Lipinski definition) is 7. The van der Waals surface area contributed by atoms with E-state index < -0.39 is 29.4 Å². The number of alkyl carbamates (subject to hydrolysis) is 1. The maximum absolute atomic E-state index is 11.7. The molecule has 33 heavy (non-hydrogen) atoms. The maximum Gasteiger partial charge on any atom is 0.407 e. The summed E-state index contributed by atoms with van der Waals surface area (Å²) in [4.78, 5) is 28.0. The minimum atomic E-state index is -1.62. The number of amides is 1. The Hall–Kier alpha value is -3.11. The van der Waals surface area contributed by atoms with Gasteiger partial charge in [-0.15, -0.1) is 0 Å². The highest BCUT2D eigenvalue weighted by atomic mass is 16.7. The Morgan fingerprint density at radius 3 is 2.73 bits per heavy atom. The molecule has 4 N–H and O–H groups in total. The number of aromatic nitrogens is 2. The molecule has 1 aromatic carbocycles. The minimum absolute atomic E-state index is 0.427. The van der Waals surface area contributed by atoms with Gasteiger partial charge in [0.2, 0.25) is 5.60 Å². The molecule has 0 fully saturated rings. The van der Waals surface area contributed by atoms with Crippen molar-refractivity contribution in [3.8, 4) is 16.9 Å². The number of benzene rings is 1. The van der Waals surface area contributed by atoms with E-state index in [-0.39, 0.29) is 0 Å². The van der Waals surface area contributed by atoms with Crippen molar-refractivity contribution < 1.29 is 29.0 Å². The fourth-order valence-electron chi connectivity index (χ4n) is 3.60. The summed E-state index contributed by atoms with van der Waals surface area (Å²) in [5.74, 6) is 4.71. The Morgan fingerprint density at radius 2 is 2.06 bits per heavy atom. The molecule has 0 saturated carbocycles. The number of nitrogens with one attached hydrogen (secondary N) is 1. The standard InChI is InChI=1S/C23H32N4O6/c1-22(2,3)32-21(30)25-10-5-11-27-14-17(13-26-27)15-6-8-18-16(12-15)7-9-19(31-18)23(4,33-24)20(28)29/h6,8,12-14,19H,5,7,9-11,24H2,1-4H3,(H,25,30)(H,28,29)/t19-,23?/m1/s1. The van der Waals surface area contributed by atoms with Crippen LogP contribution in [-0.2, 0) is 27.3 Å². The van der Waals surface area contributed by atoms with Gasteiger partial charge in [-0.2, -0.15) is 5.10 Å². The average molecular weight is 461 g/mol. The van der Waals surface area contributed by atoms with Crippen molar-refractivity contribution >= 4 is 12.1 Å². The fourth-order valence-corrected chi connectivity index (χ4v) is 3.60. The second-order valence-electron chi connectivity index (χ2n) is 9.27. The van der Waals surface area contributed by atoms with Crippen molar-refractivity contribution in [3.05, 3.63) is 36.2 Å². The highest BCUT2D eigenvalue weighted by Gasteiger charge is 2.46. The SMILES string of the molecule is CC(C)(C)OC(=O)NCCCn1cc(-c2ccc3c(c2)CC[C@H](C(C)(ON)C(=O)O)O3)cn1. The molecule has 0 radical (unpaired) electrons. The van der Waals surface area contributed by atoms with Gasteiger partial charge in [-0.25, -0.2) is 15.5 Å². The number of hydrogen-bond donors (Lipinski definition) is 3. The molecule has 1 amide bonds. The number of aryl methyl sites for hydroxylation is 2. The van der Waals surface area contributed by atoms with Crippen LogP contribution in [0.25, 0.3) is 11.1 Å². The summed E-state index contributed by atoms with van der Waals surface area (Å²) in [6, 6.07) is 5.77. The monoisotopic (exact) mass is 460 g/mol. The molecule has 1 aromatic heterocycles. The van der Waals surface area contributed by atoms with Gasteiger partial charge >= 0.3 is 12.1 Å². The zero-order valence-corrected chi connectivity index (χ0v) is 19.5. The van der Waals surface area contributed by atoms with Crippen molar-refractivity contribution in [2.45, 2.75) is 70.8 Å². The first-order valence-electron chi connectivity index (χ1n) is 10.9. The molecule has 1 aliphatic rings. The molecule has 2 heterocycles. The molecule has 1 unspecified atom stereocenters. The Balaban J connectivity index is 1.57. The van der Waals surface area contributed by atoms with Gasteiger partial charge in [0.15, 0.2) is 0 Å². The van der Waals surface area contributed by atoms with Crippen molar-refractivity contribution in [2.24, 2.45) is 5.90 Å². The summed E-state index contributed by atoms with van der Waals surface area (Å²) in [6.45, 7) is 8.03. The molecule has 3 rings (SSSR count). The van der Waals surface area contributed by atoms with Crippen LogP contribution >= 0.6 is 0 Å². The van der Waals surface area contributed by atoms with Gasteiger partial charge in [-0.3, -0.25) is 9.52 Å². The normalized spacial score (nSPS) is 17.4. The molecule has 1 aliphatic heterocycles. The second-order valence-corrected chi connectivity index (χ2v) is 9.27. The van der Waals surface area contributed by atoms with Crippen molar-refractivity contribution in [1.29, 1.82) is 0 Å². The van der Waals surface area contributed by atoms with Crippen LogP contribution in [0.2, 0.25) is 0 Å². The van der Waals surface area contributed by atoms with E-state index >= 15 is 0 Å². The van der Waals surface area contributed by atoms with E-state index in [1.54, 1.807) is 6.20 Å². The second kappa shape index (κ2) is 9.80. The predicted molar refractivity (Wildman–Crippen MR) is 121 cm³/mol. The van der Waals surface area contributed by atoms with Gasteiger partial charge < -0.3 is 19.9 Å². The van der Waals surface area contributed by atoms with Crippen LogP contribution in [0.15, 0.2) is 30.6 Å². The molecule has 0 aliphatic carbocycles. The number of carboxylic acid groups (broad SMARTS) is 1. The van der Waals surface area contributed by atoms with E-state index in [0.717, 1.165) is 16.7 Å². The van der Waals surface area contributed by atoms with E-state index in [2.05, 4.69) is 10.4 Å². The highest BCUT2D eigenvalue weighted by molar-refractivity contribution is 5.78. The van der Waals surface area contributed by atoms with Crippen LogP contribution < -0.4 is 16.0 Å². The number of fused-ring (bicyclic) bond motifs is 1. The van der Waals surface area contributed by atoms with Crippen LogP contribution in [0.4, 0.5) is 4.79 Å². The molecule has 0 saturated heterocycles. The van der Waals surface area contributed by atoms with E-state index in [4.69, 9.17) is 20.2 Å². The topological polar surface area (TPSA) is 138 Å². The Kier molecular flexibility index (Phi) is 7.28. The first-order valence-corrected chi connectivity index (χ1v) is 10.9. The molecule has 2 aromatic rings. The number of nitrogens with two attached hydrogens (primary N) is 1. The Bertz CT molecular complexity index is 999. The number of carboxylic acids is 1. The number of ether oxygens (including phenoxy) is 2. The van der Waals surface area contributed by atoms with Gasteiger partial charge in [0.25, 0.3) is 0 Å². The zero-order chi connectivity index (χ0) is 24.2. The highest BCUT2D eigenvalue weighted by Crippen LogP contribution is 2.35. The van der Waals surface area contributed by atoms with E-state index in [1.807, 2.05) is 49.8 Å². The smallest absolute Gasteiger partial charge is 0.407 e. The van der Waals surface area contributed by atoms with Crippen molar-refractivity contribution in [3.63, 3.8) is 0 Å². The molecular weight excluding hydrogens is 428 g/mol. The van der Waals surface area contributed by atoms with Crippen LogP contribution in [0, 0.1) is 0 Å². The third-order valence-corrected chi connectivity index (χ3v) is 5.49. The maximum atomic E-state index is 11.7. The quantitative estimate of drug-likeness (QED) is 0.404. The van der Waals surface area contributed by atoms with Gasteiger partial charge in [0.05, 0.1) is 6.20 Å².